The Morgan fingerprint density at radius 3 is 1.46 bits per heavy atom. The van der Waals surface area contributed by atoms with Gasteiger partial charge in [-0.2, -0.15) is 0 Å². The molecule has 0 saturated heterocycles. The minimum absolute atomic E-state index is 1.09. The second-order valence-corrected chi connectivity index (χ2v) is 13.8. The van der Waals surface area contributed by atoms with Crippen molar-refractivity contribution >= 4 is 49.6 Å². The number of benzene rings is 9. The first-order chi connectivity index (χ1) is 26.8. The van der Waals surface area contributed by atoms with Crippen molar-refractivity contribution in [3.63, 3.8) is 0 Å². The average molecular weight is 689 g/mol. The Hall–Kier alpha value is -7.16. The predicted molar refractivity (Wildman–Crippen MR) is 229 cm³/mol. The van der Waals surface area contributed by atoms with Gasteiger partial charge < -0.3 is 9.47 Å². The molecule has 1 aromatic heterocycles. The fourth-order valence-electron chi connectivity index (χ4n) is 7.97. The molecule has 0 atom stereocenters. The molecule has 0 N–H and O–H groups in total. The lowest BCUT2D eigenvalue weighted by Gasteiger charge is -2.27. The lowest BCUT2D eigenvalue weighted by atomic mass is 9.92. The first-order valence-electron chi connectivity index (χ1n) is 18.5. The molecule has 10 rings (SSSR count). The fourth-order valence-corrected chi connectivity index (χ4v) is 7.97. The van der Waals surface area contributed by atoms with Crippen molar-refractivity contribution in [3.8, 4) is 39.1 Å². The Bertz CT molecular complexity index is 2850. The van der Waals surface area contributed by atoms with E-state index in [4.69, 9.17) is 0 Å². The van der Waals surface area contributed by atoms with E-state index in [1.165, 1.54) is 66.0 Å². The minimum Gasteiger partial charge on any atom is -0.310 e. The van der Waals surface area contributed by atoms with Crippen molar-refractivity contribution in [2.45, 2.75) is 0 Å². The third kappa shape index (κ3) is 5.62. The number of aromatic nitrogens is 1. The first kappa shape index (κ1) is 31.6. The van der Waals surface area contributed by atoms with Gasteiger partial charge in [-0.25, -0.2) is 0 Å². The van der Waals surface area contributed by atoms with Crippen LogP contribution in [0.4, 0.5) is 17.1 Å². The maximum Gasteiger partial charge on any atom is 0.0541 e. The molecular weight excluding hydrogens is 653 g/mol. The smallest absolute Gasteiger partial charge is 0.0541 e. The summed E-state index contributed by atoms with van der Waals surface area (Å²) in [6.07, 6.45) is 0. The third-order valence-electron chi connectivity index (χ3n) is 10.6. The Kier molecular flexibility index (Phi) is 7.85. The molecule has 254 valence electrons. The maximum atomic E-state index is 2.38. The number of hydrogen-bond acceptors (Lipinski definition) is 1. The Morgan fingerprint density at radius 1 is 0.296 bits per heavy atom. The lowest BCUT2D eigenvalue weighted by Crippen LogP contribution is -2.10. The van der Waals surface area contributed by atoms with E-state index < -0.39 is 0 Å². The Labute approximate surface area is 315 Å². The van der Waals surface area contributed by atoms with Crippen molar-refractivity contribution in [2.24, 2.45) is 0 Å². The van der Waals surface area contributed by atoms with E-state index in [0.29, 0.717) is 0 Å². The SMILES string of the molecule is c1ccc(-c2ccc(N(c3ccc(-n4c5ccccc5c5ccccc54)cc3)c3ccc(-c4ccc5ccccc5c4)c(-c4ccccc4)c3)cc2)cc1. The standard InChI is InChI=1S/C52H36N2/c1-3-13-37(14-4-1)39-25-27-43(28-26-39)53(44-29-31-45(32-30-44)54-51-21-11-9-19-48(51)49-20-10-12-22-52(49)54)46-33-34-47(50(36-46)40-16-5-2-6-17-40)42-24-23-38-15-7-8-18-41(38)35-42/h1-36H. The molecule has 1 heterocycles. The predicted octanol–water partition coefficient (Wildman–Crippen LogP) is 14.4. The number of fused-ring (bicyclic) bond motifs is 4. The van der Waals surface area contributed by atoms with Crippen molar-refractivity contribution in [3.05, 3.63) is 218 Å². The van der Waals surface area contributed by atoms with Gasteiger partial charge in [0, 0.05) is 33.5 Å². The molecule has 54 heavy (non-hydrogen) atoms. The molecule has 0 aliphatic carbocycles. The van der Waals surface area contributed by atoms with Gasteiger partial charge in [0.1, 0.15) is 0 Å². The van der Waals surface area contributed by atoms with Crippen LogP contribution < -0.4 is 4.90 Å². The molecule has 10 aromatic rings. The summed E-state index contributed by atoms with van der Waals surface area (Å²) in [6, 6.07) is 78.9. The van der Waals surface area contributed by atoms with E-state index >= 15 is 0 Å². The monoisotopic (exact) mass is 688 g/mol. The van der Waals surface area contributed by atoms with E-state index in [1.807, 2.05) is 0 Å². The fraction of sp³-hybridized carbons (Fsp3) is 0. The van der Waals surface area contributed by atoms with Crippen LogP contribution in [0.5, 0.6) is 0 Å². The molecule has 0 aliphatic heterocycles. The molecule has 0 radical (unpaired) electrons. The van der Waals surface area contributed by atoms with Gasteiger partial charge in [-0.05, 0) is 111 Å². The molecule has 0 fully saturated rings. The van der Waals surface area contributed by atoms with Gasteiger partial charge in [-0.1, -0.05) is 152 Å². The molecule has 0 bridgehead atoms. The second kappa shape index (κ2) is 13.4. The third-order valence-corrected chi connectivity index (χ3v) is 10.6. The van der Waals surface area contributed by atoms with Gasteiger partial charge in [-0.15, -0.1) is 0 Å². The summed E-state index contributed by atoms with van der Waals surface area (Å²) >= 11 is 0. The Balaban J connectivity index is 1.13. The van der Waals surface area contributed by atoms with E-state index in [0.717, 1.165) is 22.7 Å². The summed E-state index contributed by atoms with van der Waals surface area (Å²) in [6.45, 7) is 0. The van der Waals surface area contributed by atoms with Crippen LogP contribution in [0.2, 0.25) is 0 Å². The van der Waals surface area contributed by atoms with E-state index in [9.17, 15) is 0 Å². The molecular formula is C52H36N2. The number of nitrogens with zero attached hydrogens (tertiary/aromatic N) is 2. The van der Waals surface area contributed by atoms with Crippen LogP contribution >= 0.6 is 0 Å². The molecule has 0 spiro atoms. The quantitative estimate of drug-likeness (QED) is 0.162. The van der Waals surface area contributed by atoms with Crippen LogP contribution in [-0.2, 0) is 0 Å². The molecule has 0 unspecified atom stereocenters. The zero-order valence-electron chi connectivity index (χ0n) is 29.7. The van der Waals surface area contributed by atoms with Gasteiger partial charge in [0.15, 0.2) is 0 Å². The van der Waals surface area contributed by atoms with Crippen molar-refractivity contribution < 1.29 is 0 Å². The highest BCUT2D eigenvalue weighted by atomic mass is 15.1. The number of para-hydroxylation sites is 2. The van der Waals surface area contributed by atoms with Crippen LogP contribution in [0.25, 0.3) is 71.6 Å². The molecule has 2 heteroatoms. The molecule has 0 aliphatic rings. The van der Waals surface area contributed by atoms with Gasteiger partial charge in [0.05, 0.1) is 11.0 Å². The largest absolute Gasteiger partial charge is 0.310 e. The normalized spacial score (nSPS) is 11.3. The zero-order valence-corrected chi connectivity index (χ0v) is 29.7. The maximum absolute atomic E-state index is 2.38. The van der Waals surface area contributed by atoms with Gasteiger partial charge in [0.25, 0.3) is 0 Å². The van der Waals surface area contributed by atoms with Gasteiger partial charge in [-0.3, -0.25) is 0 Å². The number of rotatable bonds is 7. The highest BCUT2D eigenvalue weighted by molar-refractivity contribution is 6.09. The van der Waals surface area contributed by atoms with E-state index in [-0.39, 0.29) is 0 Å². The van der Waals surface area contributed by atoms with Crippen LogP contribution in [0.3, 0.4) is 0 Å². The van der Waals surface area contributed by atoms with E-state index in [1.54, 1.807) is 0 Å². The van der Waals surface area contributed by atoms with Crippen LogP contribution in [0.15, 0.2) is 218 Å². The van der Waals surface area contributed by atoms with Crippen molar-refractivity contribution in [1.29, 1.82) is 0 Å². The van der Waals surface area contributed by atoms with Crippen molar-refractivity contribution in [2.75, 3.05) is 4.90 Å². The summed E-state index contributed by atoms with van der Waals surface area (Å²) in [5.41, 5.74) is 14.0. The highest BCUT2D eigenvalue weighted by Gasteiger charge is 2.18. The molecule has 0 amide bonds. The minimum atomic E-state index is 1.09. The number of anilines is 3. The summed E-state index contributed by atoms with van der Waals surface area (Å²) in [5, 5.41) is 5.00. The van der Waals surface area contributed by atoms with Crippen molar-refractivity contribution in [1.82, 2.24) is 4.57 Å². The second-order valence-electron chi connectivity index (χ2n) is 13.8. The van der Waals surface area contributed by atoms with Crippen LogP contribution in [0, 0.1) is 0 Å². The van der Waals surface area contributed by atoms with Crippen LogP contribution in [-0.4, -0.2) is 4.57 Å². The summed E-state index contributed by atoms with van der Waals surface area (Å²) in [7, 11) is 0. The van der Waals surface area contributed by atoms with Gasteiger partial charge in [0.2, 0.25) is 0 Å². The molecule has 9 aromatic carbocycles. The summed E-state index contributed by atoms with van der Waals surface area (Å²) in [4.78, 5) is 2.38. The Morgan fingerprint density at radius 2 is 0.796 bits per heavy atom. The zero-order chi connectivity index (χ0) is 35.8. The molecule has 2 nitrogen and oxygen atoms in total. The van der Waals surface area contributed by atoms with Gasteiger partial charge >= 0.3 is 0 Å². The summed E-state index contributed by atoms with van der Waals surface area (Å²) in [5.74, 6) is 0. The van der Waals surface area contributed by atoms with E-state index in [2.05, 4.69) is 228 Å². The number of hydrogen-bond donors (Lipinski definition) is 0. The summed E-state index contributed by atoms with van der Waals surface area (Å²) < 4.78 is 2.37. The first-order valence-corrected chi connectivity index (χ1v) is 18.5. The lowest BCUT2D eigenvalue weighted by molar-refractivity contribution is 1.17. The average Bonchev–Trinajstić information content (AvgIpc) is 3.59. The topological polar surface area (TPSA) is 8.17 Å². The molecule has 0 saturated carbocycles. The highest BCUT2D eigenvalue weighted by Crippen LogP contribution is 2.42. The van der Waals surface area contributed by atoms with Crippen LogP contribution in [0.1, 0.15) is 0 Å².